The fourth-order valence-corrected chi connectivity index (χ4v) is 3.99. The zero-order valence-electron chi connectivity index (χ0n) is 16.9. The maximum atomic E-state index is 13.3. The molecule has 7 heteroatoms. The Kier molecular flexibility index (Phi) is 5.26. The number of benzene rings is 1. The minimum atomic E-state index is 0.0107. The van der Waals surface area contributed by atoms with Crippen molar-refractivity contribution in [3.8, 4) is 11.5 Å². The Morgan fingerprint density at radius 1 is 1.18 bits per heavy atom. The minimum absolute atomic E-state index is 0.0107. The molecule has 2 aliphatic rings. The molecule has 0 unspecified atom stereocenters. The molecule has 0 saturated carbocycles. The normalized spacial score (nSPS) is 19.1. The Hall–Kier alpha value is -2.54. The van der Waals surface area contributed by atoms with E-state index in [9.17, 15) is 4.79 Å². The molecule has 1 amide bonds. The van der Waals surface area contributed by atoms with Gasteiger partial charge >= 0.3 is 0 Å². The number of carbonyl (C=O) groups excluding carboxylic acids is 1. The largest absolute Gasteiger partial charge is 0.486 e. The summed E-state index contributed by atoms with van der Waals surface area (Å²) in [5, 5.41) is 4.74. The molecular weight excluding hydrogens is 356 g/mol. The molecule has 0 aliphatic carbocycles. The van der Waals surface area contributed by atoms with E-state index in [1.807, 2.05) is 42.9 Å². The van der Waals surface area contributed by atoms with Crippen molar-refractivity contribution in [1.82, 2.24) is 19.6 Å². The van der Waals surface area contributed by atoms with E-state index in [0.717, 1.165) is 43.7 Å². The van der Waals surface area contributed by atoms with Crippen LogP contribution < -0.4 is 9.47 Å². The second kappa shape index (κ2) is 7.83. The van der Waals surface area contributed by atoms with Crippen molar-refractivity contribution < 1.29 is 14.3 Å². The summed E-state index contributed by atoms with van der Waals surface area (Å²) < 4.78 is 13.2. The van der Waals surface area contributed by atoms with Gasteiger partial charge in [-0.1, -0.05) is 0 Å². The summed E-state index contributed by atoms with van der Waals surface area (Å²) in [5.74, 6) is 1.38. The quantitative estimate of drug-likeness (QED) is 0.811. The van der Waals surface area contributed by atoms with Gasteiger partial charge in [0, 0.05) is 25.7 Å². The van der Waals surface area contributed by atoms with Gasteiger partial charge < -0.3 is 19.3 Å². The van der Waals surface area contributed by atoms with Crippen LogP contribution in [0.1, 0.15) is 47.1 Å². The first-order valence-corrected chi connectivity index (χ1v) is 9.91. The average molecular weight is 384 g/mol. The molecule has 2 aliphatic heterocycles. The number of ether oxygens (including phenoxy) is 2. The van der Waals surface area contributed by atoms with E-state index in [0.29, 0.717) is 30.3 Å². The summed E-state index contributed by atoms with van der Waals surface area (Å²) in [6.07, 6.45) is 3.06. The average Bonchev–Trinajstić information content (AvgIpc) is 3.06. The van der Waals surface area contributed by atoms with Crippen LogP contribution in [0.3, 0.4) is 0 Å². The fraction of sp³-hybridized carbons (Fsp3) is 0.524. The van der Waals surface area contributed by atoms with Gasteiger partial charge in [0.1, 0.15) is 13.2 Å². The standard InChI is InChI=1S/C21H28N4O3/c1-23(2)14-16-13-17(22-24(16)3)18-6-4-5-9-25(18)21(26)15-7-8-19-20(12-15)28-11-10-27-19/h7-8,12-13,18H,4-6,9-11,14H2,1-3H3/t18-/m0/s1. The van der Waals surface area contributed by atoms with Crippen LogP contribution in [0.15, 0.2) is 24.3 Å². The number of hydrogen-bond acceptors (Lipinski definition) is 5. The van der Waals surface area contributed by atoms with Crippen LogP contribution in [-0.4, -0.2) is 59.3 Å². The molecule has 0 bridgehead atoms. The van der Waals surface area contributed by atoms with E-state index in [1.165, 1.54) is 0 Å². The Bertz CT molecular complexity index is 861. The van der Waals surface area contributed by atoms with Gasteiger partial charge in [-0.3, -0.25) is 9.48 Å². The molecule has 28 heavy (non-hydrogen) atoms. The lowest BCUT2D eigenvalue weighted by atomic mass is 9.98. The van der Waals surface area contributed by atoms with E-state index < -0.39 is 0 Å². The van der Waals surface area contributed by atoms with Gasteiger partial charge in [0.05, 0.1) is 17.4 Å². The summed E-state index contributed by atoms with van der Waals surface area (Å²) in [6, 6.07) is 7.61. The molecule has 1 fully saturated rings. The van der Waals surface area contributed by atoms with Gasteiger partial charge in [-0.2, -0.15) is 5.10 Å². The van der Waals surface area contributed by atoms with Crippen molar-refractivity contribution in [2.45, 2.75) is 31.8 Å². The Morgan fingerprint density at radius 3 is 2.75 bits per heavy atom. The number of piperidine rings is 1. The molecule has 7 nitrogen and oxygen atoms in total. The van der Waals surface area contributed by atoms with Crippen molar-refractivity contribution in [2.75, 3.05) is 33.9 Å². The maximum Gasteiger partial charge on any atom is 0.254 e. The van der Waals surface area contributed by atoms with Crippen molar-refractivity contribution in [1.29, 1.82) is 0 Å². The van der Waals surface area contributed by atoms with Gasteiger partial charge in [-0.15, -0.1) is 0 Å². The van der Waals surface area contributed by atoms with Crippen LogP contribution in [0, 0.1) is 0 Å². The molecule has 0 spiro atoms. The highest BCUT2D eigenvalue weighted by Crippen LogP contribution is 2.35. The molecule has 0 N–H and O–H groups in total. The first kappa shape index (κ1) is 18.8. The van der Waals surface area contributed by atoms with Crippen LogP contribution in [0.2, 0.25) is 0 Å². The zero-order chi connectivity index (χ0) is 19.7. The number of amides is 1. The lowest BCUT2D eigenvalue weighted by Gasteiger charge is -2.35. The molecule has 1 atom stereocenters. The van der Waals surface area contributed by atoms with Crippen LogP contribution >= 0.6 is 0 Å². The molecule has 1 aromatic heterocycles. The van der Waals surface area contributed by atoms with E-state index >= 15 is 0 Å². The number of carbonyl (C=O) groups is 1. The molecule has 1 aromatic carbocycles. The number of likely N-dealkylation sites (tertiary alicyclic amines) is 1. The third kappa shape index (κ3) is 3.71. The lowest BCUT2D eigenvalue weighted by molar-refractivity contribution is 0.0604. The highest BCUT2D eigenvalue weighted by Gasteiger charge is 2.31. The van der Waals surface area contributed by atoms with Crippen LogP contribution in [0.5, 0.6) is 11.5 Å². The number of fused-ring (bicyclic) bond motifs is 1. The highest BCUT2D eigenvalue weighted by molar-refractivity contribution is 5.95. The lowest BCUT2D eigenvalue weighted by Crippen LogP contribution is -2.38. The van der Waals surface area contributed by atoms with Crippen LogP contribution in [0.25, 0.3) is 0 Å². The first-order valence-electron chi connectivity index (χ1n) is 9.91. The smallest absolute Gasteiger partial charge is 0.254 e. The third-order valence-corrected chi connectivity index (χ3v) is 5.37. The Labute approximate surface area is 165 Å². The predicted octanol–water partition coefficient (Wildman–Crippen LogP) is 2.62. The fourth-order valence-electron chi connectivity index (χ4n) is 3.99. The van der Waals surface area contributed by atoms with Gasteiger partial charge in [-0.05, 0) is 57.6 Å². The van der Waals surface area contributed by atoms with Gasteiger partial charge in [-0.25, -0.2) is 0 Å². The molecule has 1 saturated heterocycles. The predicted molar refractivity (Wildman–Crippen MR) is 106 cm³/mol. The van der Waals surface area contributed by atoms with Crippen molar-refractivity contribution >= 4 is 5.91 Å². The van der Waals surface area contributed by atoms with Crippen molar-refractivity contribution in [2.24, 2.45) is 7.05 Å². The molecule has 4 rings (SSSR count). The second-order valence-corrected chi connectivity index (χ2v) is 7.79. The number of aromatic nitrogens is 2. The van der Waals surface area contributed by atoms with E-state index in [1.54, 1.807) is 6.07 Å². The molecular formula is C21H28N4O3. The van der Waals surface area contributed by atoms with Gasteiger partial charge in [0.2, 0.25) is 0 Å². The topological polar surface area (TPSA) is 59.8 Å². The Balaban J connectivity index is 1.59. The van der Waals surface area contributed by atoms with E-state index in [-0.39, 0.29) is 11.9 Å². The van der Waals surface area contributed by atoms with Crippen LogP contribution in [0.4, 0.5) is 0 Å². The number of aryl methyl sites for hydroxylation is 1. The van der Waals surface area contributed by atoms with Crippen LogP contribution in [-0.2, 0) is 13.6 Å². The van der Waals surface area contributed by atoms with Gasteiger partial charge in [0.15, 0.2) is 11.5 Å². The SMILES string of the molecule is CN(C)Cc1cc([C@@H]2CCCCN2C(=O)c2ccc3c(c2)OCCO3)nn1C. The summed E-state index contributed by atoms with van der Waals surface area (Å²) in [6.45, 7) is 2.63. The zero-order valence-corrected chi connectivity index (χ0v) is 16.9. The third-order valence-electron chi connectivity index (χ3n) is 5.37. The number of nitrogens with zero attached hydrogens (tertiary/aromatic N) is 4. The molecule has 2 aromatic rings. The van der Waals surface area contributed by atoms with Crippen molar-refractivity contribution in [3.63, 3.8) is 0 Å². The molecule has 3 heterocycles. The van der Waals surface area contributed by atoms with E-state index in [4.69, 9.17) is 14.6 Å². The minimum Gasteiger partial charge on any atom is -0.486 e. The molecule has 0 radical (unpaired) electrons. The van der Waals surface area contributed by atoms with Gasteiger partial charge in [0.25, 0.3) is 5.91 Å². The second-order valence-electron chi connectivity index (χ2n) is 7.79. The Morgan fingerprint density at radius 2 is 1.96 bits per heavy atom. The number of rotatable bonds is 4. The number of hydrogen-bond donors (Lipinski definition) is 0. The van der Waals surface area contributed by atoms with E-state index in [2.05, 4.69) is 11.0 Å². The summed E-state index contributed by atoms with van der Waals surface area (Å²) in [7, 11) is 6.06. The molecule has 150 valence electrons. The summed E-state index contributed by atoms with van der Waals surface area (Å²) in [4.78, 5) is 17.4. The maximum absolute atomic E-state index is 13.3. The first-order chi connectivity index (χ1) is 13.5. The monoisotopic (exact) mass is 384 g/mol. The van der Waals surface area contributed by atoms with Crippen molar-refractivity contribution in [3.05, 3.63) is 41.2 Å². The summed E-state index contributed by atoms with van der Waals surface area (Å²) >= 11 is 0. The summed E-state index contributed by atoms with van der Waals surface area (Å²) in [5.41, 5.74) is 2.77. The highest BCUT2D eigenvalue weighted by atomic mass is 16.6.